The van der Waals surface area contributed by atoms with Gasteiger partial charge in [0.1, 0.15) is 0 Å². The van der Waals surface area contributed by atoms with E-state index >= 15 is 0 Å². The summed E-state index contributed by atoms with van der Waals surface area (Å²) in [7, 11) is 0. The average molecular weight is 395 g/mol. The summed E-state index contributed by atoms with van der Waals surface area (Å²) in [6.45, 7) is 6.31. The Kier molecular flexibility index (Phi) is 5.52. The van der Waals surface area contributed by atoms with E-state index in [0.717, 1.165) is 17.5 Å². The van der Waals surface area contributed by atoms with Gasteiger partial charge in [0.25, 0.3) is 0 Å². The van der Waals surface area contributed by atoms with Crippen LogP contribution in [0.4, 0.5) is 13.2 Å². The number of allylic oxidation sites excluding steroid dienone is 1. The van der Waals surface area contributed by atoms with Crippen molar-refractivity contribution in [1.82, 2.24) is 14.8 Å². The van der Waals surface area contributed by atoms with Gasteiger partial charge in [-0.3, -0.25) is 4.57 Å². The second kappa shape index (κ2) is 7.67. The van der Waals surface area contributed by atoms with Gasteiger partial charge in [0.15, 0.2) is 11.0 Å². The maximum Gasteiger partial charge on any atom is 0.416 e. The van der Waals surface area contributed by atoms with E-state index in [1.807, 2.05) is 22.9 Å². The van der Waals surface area contributed by atoms with Crippen molar-refractivity contribution in [2.24, 2.45) is 0 Å². The van der Waals surface area contributed by atoms with Gasteiger partial charge in [-0.25, -0.2) is 0 Å². The van der Waals surface area contributed by atoms with Crippen molar-refractivity contribution in [3.8, 4) is 11.4 Å². The van der Waals surface area contributed by atoms with Crippen molar-refractivity contribution < 1.29 is 13.2 Å². The first-order valence-electron chi connectivity index (χ1n) is 7.77. The minimum atomic E-state index is -4.34. The molecule has 0 spiro atoms. The fourth-order valence-electron chi connectivity index (χ4n) is 2.45. The van der Waals surface area contributed by atoms with Gasteiger partial charge in [-0.1, -0.05) is 36.0 Å². The molecular weight excluding hydrogens is 379 g/mol. The smallest absolute Gasteiger partial charge is 0.298 e. The largest absolute Gasteiger partial charge is 0.416 e. The standard InChI is InChI=1S/C18H16F3N3S2/c1-3-7-24-16(14-8-12(2)25-11-14)22-23-17(24)26-10-13-5-4-6-15(9-13)18(19,20)21/h3-6,8-9,11H,1,7,10H2,2H3. The minimum Gasteiger partial charge on any atom is -0.298 e. The first-order valence-corrected chi connectivity index (χ1v) is 9.63. The summed E-state index contributed by atoms with van der Waals surface area (Å²) in [6.07, 6.45) is -2.59. The molecule has 0 aliphatic heterocycles. The number of hydrogen-bond donors (Lipinski definition) is 0. The molecule has 26 heavy (non-hydrogen) atoms. The number of halogens is 3. The van der Waals surface area contributed by atoms with E-state index in [4.69, 9.17) is 0 Å². The zero-order valence-electron chi connectivity index (χ0n) is 14.0. The normalized spacial score (nSPS) is 11.7. The zero-order chi connectivity index (χ0) is 18.7. The van der Waals surface area contributed by atoms with Crippen LogP contribution in [-0.4, -0.2) is 14.8 Å². The van der Waals surface area contributed by atoms with Crippen molar-refractivity contribution >= 4 is 23.1 Å². The Morgan fingerprint density at radius 1 is 1.27 bits per heavy atom. The monoisotopic (exact) mass is 395 g/mol. The highest BCUT2D eigenvalue weighted by molar-refractivity contribution is 7.98. The summed E-state index contributed by atoms with van der Waals surface area (Å²) < 4.78 is 40.5. The van der Waals surface area contributed by atoms with E-state index in [1.165, 1.54) is 28.8 Å². The summed E-state index contributed by atoms with van der Waals surface area (Å²) in [5, 5.41) is 11.1. The van der Waals surface area contributed by atoms with Crippen LogP contribution in [0.15, 0.2) is 53.5 Å². The third kappa shape index (κ3) is 4.19. The highest BCUT2D eigenvalue weighted by Gasteiger charge is 2.30. The maximum absolute atomic E-state index is 12.8. The Hall–Kier alpha value is -2.06. The van der Waals surface area contributed by atoms with E-state index in [1.54, 1.807) is 23.5 Å². The van der Waals surface area contributed by atoms with Gasteiger partial charge in [-0.2, -0.15) is 13.2 Å². The third-order valence-electron chi connectivity index (χ3n) is 3.64. The van der Waals surface area contributed by atoms with Gasteiger partial charge < -0.3 is 0 Å². The van der Waals surface area contributed by atoms with Crippen LogP contribution < -0.4 is 0 Å². The van der Waals surface area contributed by atoms with Crippen molar-refractivity contribution in [2.75, 3.05) is 0 Å². The molecular formula is C18H16F3N3S2. The quantitative estimate of drug-likeness (QED) is 0.390. The van der Waals surface area contributed by atoms with Crippen molar-refractivity contribution in [1.29, 1.82) is 0 Å². The first kappa shape index (κ1) is 18.7. The molecule has 0 saturated heterocycles. The molecule has 2 heterocycles. The minimum absolute atomic E-state index is 0.377. The average Bonchev–Trinajstić information content (AvgIpc) is 3.19. The Balaban J connectivity index is 1.82. The molecule has 0 saturated carbocycles. The van der Waals surface area contributed by atoms with Gasteiger partial charge in [-0.15, -0.1) is 28.1 Å². The van der Waals surface area contributed by atoms with E-state index in [0.29, 0.717) is 23.0 Å². The van der Waals surface area contributed by atoms with Gasteiger partial charge in [-0.05, 0) is 24.6 Å². The van der Waals surface area contributed by atoms with Crippen LogP contribution in [0.1, 0.15) is 16.0 Å². The highest BCUT2D eigenvalue weighted by Crippen LogP contribution is 2.32. The molecule has 2 aromatic heterocycles. The molecule has 0 radical (unpaired) electrons. The molecule has 3 rings (SSSR count). The van der Waals surface area contributed by atoms with Crippen LogP contribution in [-0.2, 0) is 18.5 Å². The summed E-state index contributed by atoms with van der Waals surface area (Å²) >= 11 is 2.99. The SMILES string of the molecule is C=CCn1c(SCc2cccc(C(F)(F)F)c2)nnc1-c1csc(C)c1. The van der Waals surface area contributed by atoms with E-state index < -0.39 is 11.7 Å². The van der Waals surface area contributed by atoms with Crippen molar-refractivity contribution in [3.05, 3.63) is 64.4 Å². The maximum atomic E-state index is 12.8. The number of aryl methyl sites for hydroxylation is 1. The predicted octanol–water partition coefficient (Wildman–Crippen LogP) is 5.81. The lowest BCUT2D eigenvalue weighted by atomic mass is 10.1. The molecule has 0 N–H and O–H groups in total. The summed E-state index contributed by atoms with van der Waals surface area (Å²) in [5.74, 6) is 1.11. The number of thiophene rings is 1. The molecule has 0 aliphatic rings. The molecule has 0 bridgehead atoms. The highest BCUT2D eigenvalue weighted by atomic mass is 32.2. The Morgan fingerprint density at radius 3 is 2.73 bits per heavy atom. The second-order valence-corrected chi connectivity index (χ2v) is 7.70. The summed E-state index contributed by atoms with van der Waals surface area (Å²) in [4.78, 5) is 1.17. The molecule has 0 atom stereocenters. The zero-order valence-corrected chi connectivity index (χ0v) is 15.6. The number of benzene rings is 1. The molecule has 136 valence electrons. The number of rotatable bonds is 6. The lowest BCUT2D eigenvalue weighted by Gasteiger charge is -2.09. The number of thioether (sulfide) groups is 1. The van der Waals surface area contributed by atoms with E-state index in [-0.39, 0.29) is 0 Å². The fourth-order valence-corrected chi connectivity index (χ4v) is 4.02. The van der Waals surface area contributed by atoms with Gasteiger partial charge in [0.2, 0.25) is 0 Å². The van der Waals surface area contributed by atoms with Gasteiger partial charge >= 0.3 is 6.18 Å². The molecule has 3 aromatic rings. The lowest BCUT2D eigenvalue weighted by molar-refractivity contribution is -0.137. The number of hydrogen-bond acceptors (Lipinski definition) is 4. The Bertz CT molecular complexity index is 913. The number of nitrogens with zero attached hydrogens (tertiary/aromatic N) is 3. The van der Waals surface area contributed by atoms with Crippen LogP contribution in [0.2, 0.25) is 0 Å². The van der Waals surface area contributed by atoms with E-state index in [2.05, 4.69) is 16.8 Å². The van der Waals surface area contributed by atoms with Gasteiger partial charge in [0, 0.05) is 28.1 Å². The molecule has 1 aromatic carbocycles. The molecule has 0 amide bonds. The third-order valence-corrected chi connectivity index (χ3v) is 5.54. The molecule has 8 heteroatoms. The van der Waals surface area contributed by atoms with Crippen LogP contribution in [0.25, 0.3) is 11.4 Å². The molecule has 0 fully saturated rings. The van der Waals surface area contributed by atoms with Crippen molar-refractivity contribution in [3.63, 3.8) is 0 Å². The van der Waals surface area contributed by atoms with Crippen LogP contribution >= 0.6 is 23.1 Å². The number of alkyl halides is 3. The Labute approximate surface area is 157 Å². The van der Waals surface area contributed by atoms with Crippen molar-refractivity contribution in [2.45, 2.75) is 30.6 Å². The molecule has 0 unspecified atom stereocenters. The Morgan fingerprint density at radius 2 is 2.08 bits per heavy atom. The lowest BCUT2D eigenvalue weighted by Crippen LogP contribution is -2.05. The van der Waals surface area contributed by atoms with Crippen LogP contribution in [0.3, 0.4) is 0 Å². The predicted molar refractivity (Wildman–Crippen MR) is 99.3 cm³/mol. The first-order chi connectivity index (χ1) is 12.4. The number of aromatic nitrogens is 3. The van der Waals surface area contributed by atoms with E-state index in [9.17, 15) is 13.2 Å². The summed E-state index contributed by atoms with van der Waals surface area (Å²) in [5.41, 5.74) is 0.927. The van der Waals surface area contributed by atoms with Crippen LogP contribution in [0.5, 0.6) is 0 Å². The fraction of sp³-hybridized carbons (Fsp3) is 0.222. The van der Waals surface area contributed by atoms with Gasteiger partial charge in [0.05, 0.1) is 5.56 Å². The summed E-state index contributed by atoms with van der Waals surface area (Å²) in [6, 6.07) is 7.39. The van der Waals surface area contributed by atoms with Crippen LogP contribution in [0, 0.1) is 6.92 Å². The molecule has 0 aliphatic carbocycles. The second-order valence-electron chi connectivity index (χ2n) is 5.64. The topological polar surface area (TPSA) is 30.7 Å². The molecule has 3 nitrogen and oxygen atoms in total.